The molecule has 2 aromatic rings. The first-order valence-corrected chi connectivity index (χ1v) is 8.40. The van der Waals surface area contributed by atoms with Gasteiger partial charge in [-0.1, -0.05) is 0 Å². The number of hydrogen-bond donors (Lipinski definition) is 1. The molecule has 1 amide bonds. The van der Waals surface area contributed by atoms with E-state index < -0.39 is 15.9 Å². The molecule has 24 heavy (non-hydrogen) atoms. The minimum Gasteiger partial charge on any atom is -0.495 e. The number of anilines is 1. The lowest BCUT2D eigenvalue weighted by molar-refractivity contribution is 0.102. The van der Waals surface area contributed by atoms with Gasteiger partial charge in [-0.05, 0) is 25.1 Å². The summed E-state index contributed by atoms with van der Waals surface area (Å²) in [6.07, 6.45) is 2.83. The number of carbonyl (C=O) groups excluding carboxylic acids is 1. The minimum atomic E-state index is -3.72. The highest BCUT2D eigenvalue weighted by Crippen LogP contribution is 2.28. The van der Waals surface area contributed by atoms with Crippen LogP contribution in [0.15, 0.2) is 35.5 Å². The van der Waals surface area contributed by atoms with E-state index in [1.165, 1.54) is 45.7 Å². The van der Waals surface area contributed by atoms with E-state index in [-0.39, 0.29) is 16.3 Å². The number of methoxy groups -OCH3 is 1. The molecular weight excluding hydrogens is 332 g/mol. The minimum absolute atomic E-state index is 0.0391. The van der Waals surface area contributed by atoms with E-state index in [0.29, 0.717) is 11.4 Å². The lowest BCUT2D eigenvalue weighted by Crippen LogP contribution is -2.23. The number of nitrogens with zero attached hydrogens (tertiary/aromatic N) is 3. The molecule has 0 aliphatic heterocycles. The fraction of sp³-hybridized carbons (Fsp3) is 0.267. The van der Waals surface area contributed by atoms with Crippen molar-refractivity contribution in [2.75, 3.05) is 26.5 Å². The molecule has 0 saturated heterocycles. The number of aryl methyl sites for hydroxylation is 1. The van der Waals surface area contributed by atoms with Crippen LogP contribution in [0.1, 0.15) is 16.2 Å². The van der Waals surface area contributed by atoms with E-state index >= 15 is 0 Å². The normalized spacial score (nSPS) is 11.4. The summed E-state index contributed by atoms with van der Waals surface area (Å²) in [5.74, 6) is -0.294. The van der Waals surface area contributed by atoms with Crippen molar-refractivity contribution in [2.45, 2.75) is 11.8 Å². The van der Waals surface area contributed by atoms with Gasteiger partial charge in [0.2, 0.25) is 10.0 Å². The van der Waals surface area contributed by atoms with E-state index in [4.69, 9.17) is 4.74 Å². The van der Waals surface area contributed by atoms with Crippen LogP contribution in [0, 0.1) is 6.92 Å². The second-order valence-electron chi connectivity index (χ2n) is 5.15. The Morgan fingerprint density at radius 2 is 1.92 bits per heavy atom. The van der Waals surface area contributed by atoms with Crippen molar-refractivity contribution in [2.24, 2.45) is 0 Å². The molecule has 0 saturated carbocycles. The molecule has 0 radical (unpaired) electrons. The van der Waals surface area contributed by atoms with Crippen LogP contribution in [0.4, 0.5) is 5.69 Å². The van der Waals surface area contributed by atoms with Gasteiger partial charge in [0.25, 0.3) is 5.91 Å². The Morgan fingerprint density at radius 1 is 1.21 bits per heavy atom. The number of ether oxygens (including phenoxy) is 1. The van der Waals surface area contributed by atoms with Crippen LogP contribution in [-0.4, -0.2) is 49.8 Å². The van der Waals surface area contributed by atoms with Gasteiger partial charge in [-0.2, -0.15) is 0 Å². The Bertz CT molecular complexity index is 848. The van der Waals surface area contributed by atoms with Crippen molar-refractivity contribution >= 4 is 21.6 Å². The van der Waals surface area contributed by atoms with Gasteiger partial charge in [0.1, 0.15) is 16.3 Å². The lowest BCUT2D eigenvalue weighted by Gasteiger charge is -2.15. The second-order valence-corrected chi connectivity index (χ2v) is 7.27. The summed E-state index contributed by atoms with van der Waals surface area (Å²) in [4.78, 5) is 20.1. The van der Waals surface area contributed by atoms with Gasteiger partial charge >= 0.3 is 0 Å². The molecule has 2 rings (SSSR count). The highest BCUT2D eigenvalue weighted by molar-refractivity contribution is 7.89. The van der Waals surface area contributed by atoms with E-state index in [9.17, 15) is 13.2 Å². The molecule has 0 spiro atoms. The number of carbonyl (C=O) groups is 1. The molecule has 0 aliphatic carbocycles. The molecule has 9 heteroatoms. The van der Waals surface area contributed by atoms with Crippen LogP contribution in [0.2, 0.25) is 0 Å². The highest BCUT2D eigenvalue weighted by Gasteiger charge is 2.23. The summed E-state index contributed by atoms with van der Waals surface area (Å²) in [5.41, 5.74) is 1.13. The average molecular weight is 350 g/mol. The third-order valence-corrected chi connectivity index (χ3v) is 5.03. The molecular formula is C15H18N4O4S. The Balaban J connectivity index is 2.35. The van der Waals surface area contributed by atoms with Gasteiger partial charge in [0.05, 0.1) is 19.0 Å². The number of amides is 1. The predicted octanol–water partition coefficient (Wildman–Crippen LogP) is 1.30. The maximum Gasteiger partial charge on any atom is 0.275 e. The zero-order valence-electron chi connectivity index (χ0n) is 13.8. The van der Waals surface area contributed by atoms with Gasteiger partial charge in [-0.15, -0.1) is 0 Å². The number of aromatic nitrogens is 2. The maximum absolute atomic E-state index is 12.4. The van der Waals surface area contributed by atoms with Gasteiger partial charge in [-0.25, -0.2) is 17.7 Å². The number of sulfonamides is 1. The quantitative estimate of drug-likeness (QED) is 0.872. The van der Waals surface area contributed by atoms with Gasteiger partial charge in [-0.3, -0.25) is 9.78 Å². The topological polar surface area (TPSA) is 101 Å². The van der Waals surface area contributed by atoms with Crippen molar-refractivity contribution in [1.29, 1.82) is 0 Å². The summed E-state index contributed by atoms with van der Waals surface area (Å²) in [6.45, 7) is 1.76. The molecule has 0 unspecified atom stereocenters. The van der Waals surface area contributed by atoms with Crippen molar-refractivity contribution in [3.05, 3.63) is 42.0 Å². The Morgan fingerprint density at radius 3 is 2.46 bits per heavy atom. The van der Waals surface area contributed by atoms with Crippen molar-refractivity contribution in [3.63, 3.8) is 0 Å². The van der Waals surface area contributed by atoms with Crippen LogP contribution >= 0.6 is 0 Å². The lowest BCUT2D eigenvalue weighted by atomic mass is 10.3. The van der Waals surface area contributed by atoms with Crippen LogP contribution in [-0.2, 0) is 10.0 Å². The number of rotatable bonds is 5. The largest absolute Gasteiger partial charge is 0.495 e. The third kappa shape index (κ3) is 3.69. The van der Waals surface area contributed by atoms with E-state index in [1.807, 2.05) is 0 Å². The average Bonchev–Trinajstić information content (AvgIpc) is 2.55. The van der Waals surface area contributed by atoms with Crippen LogP contribution in [0.25, 0.3) is 0 Å². The fourth-order valence-corrected chi connectivity index (χ4v) is 2.93. The van der Waals surface area contributed by atoms with Crippen LogP contribution in [0.3, 0.4) is 0 Å². The Kier molecular flexibility index (Phi) is 5.15. The molecule has 128 valence electrons. The van der Waals surface area contributed by atoms with Gasteiger partial charge in [0.15, 0.2) is 0 Å². The summed E-state index contributed by atoms with van der Waals surface area (Å²) < 4.78 is 30.9. The molecule has 1 aromatic carbocycles. The van der Waals surface area contributed by atoms with Crippen LogP contribution in [0.5, 0.6) is 5.75 Å². The zero-order valence-corrected chi connectivity index (χ0v) is 14.6. The van der Waals surface area contributed by atoms with E-state index in [2.05, 4.69) is 15.3 Å². The molecule has 0 fully saturated rings. The molecule has 1 aromatic heterocycles. The first kappa shape index (κ1) is 17.8. The molecule has 8 nitrogen and oxygen atoms in total. The summed E-state index contributed by atoms with van der Waals surface area (Å²) in [6, 6.07) is 4.37. The fourth-order valence-electron chi connectivity index (χ4n) is 1.86. The zero-order chi connectivity index (χ0) is 17.9. The summed E-state index contributed by atoms with van der Waals surface area (Å²) >= 11 is 0. The number of nitrogens with one attached hydrogen (secondary N) is 1. The smallest absolute Gasteiger partial charge is 0.275 e. The highest BCUT2D eigenvalue weighted by atomic mass is 32.2. The summed E-state index contributed by atoms with van der Waals surface area (Å²) in [7, 11) is 0.497. The molecule has 0 atom stereocenters. The number of benzene rings is 1. The van der Waals surface area contributed by atoms with Crippen molar-refractivity contribution < 1.29 is 17.9 Å². The van der Waals surface area contributed by atoms with Crippen LogP contribution < -0.4 is 10.1 Å². The Labute approximate surface area is 140 Å². The first-order chi connectivity index (χ1) is 11.3. The van der Waals surface area contributed by atoms with Gasteiger partial charge < -0.3 is 10.1 Å². The predicted molar refractivity (Wildman–Crippen MR) is 88.6 cm³/mol. The molecule has 1 N–H and O–H groups in total. The standard InChI is InChI=1S/C15H18N4O4S/c1-10-8-17-12(9-16-10)15(20)18-11-5-6-13(23-4)14(7-11)24(21,22)19(2)3/h5-9H,1-4H3,(H,18,20). The third-order valence-electron chi connectivity index (χ3n) is 3.19. The molecule has 0 aliphatic rings. The maximum atomic E-state index is 12.4. The monoisotopic (exact) mass is 350 g/mol. The Hall–Kier alpha value is -2.52. The van der Waals surface area contributed by atoms with Crippen molar-refractivity contribution in [3.8, 4) is 5.75 Å². The first-order valence-electron chi connectivity index (χ1n) is 6.96. The van der Waals surface area contributed by atoms with E-state index in [0.717, 1.165) is 4.31 Å². The van der Waals surface area contributed by atoms with Crippen molar-refractivity contribution in [1.82, 2.24) is 14.3 Å². The SMILES string of the molecule is COc1ccc(NC(=O)c2cnc(C)cn2)cc1S(=O)(=O)N(C)C. The molecule has 1 heterocycles. The number of hydrogen-bond acceptors (Lipinski definition) is 6. The molecule has 0 bridgehead atoms. The van der Waals surface area contributed by atoms with Gasteiger partial charge in [0, 0.05) is 26.0 Å². The summed E-state index contributed by atoms with van der Waals surface area (Å²) in [5, 5.41) is 2.60. The second kappa shape index (κ2) is 6.93. The van der Waals surface area contributed by atoms with E-state index in [1.54, 1.807) is 13.0 Å².